The Morgan fingerprint density at radius 1 is 1.46 bits per heavy atom. The average molecular weight is 341 g/mol. The standard InChI is InChI=1S/C16H15N5O2S/c1-10(2)21-9-18-20-16(21)24-8-14(22)19-15-11-5-3-4-6-12(11)23-13(15)7-17/h3-6,9-10H,8H2,1-2H3,(H,19,22). The van der Waals surface area contributed by atoms with Gasteiger partial charge < -0.3 is 14.3 Å². The molecule has 0 spiro atoms. The predicted molar refractivity (Wildman–Crippen MR) is 90.7 cm³/mol. The molecule has 0 saturated carbocycles. The summed E-state index contributed by atoms with van der Waals surface area (Å²) < 4.78 is 7.34. The van der Waals surface area contributed by atoms with E-state index < -0.39 is 0 Å². The largest absolute Gasteiger partial charge is 0.443 e. The van der Waals surface area contributed by atoms with Gasteiger partial charge >= 0.3 is 0 Å². The van der Waals surface area contributed by atoms with Crippen LogP contribution in [0.3, 0.4) is 0 Å². The number of para-hydroxylation sites is 1. The van der Waals surface area contributed by atoms with E-state index in [0.29, 0.717) is 21.8 Å². The lowest BCUT2D eigenvalue weighted by molar-refractivity contribution is -0.113. The summed E-state index contributed by atoms with van der Waals surface area (Å²) in [5.41, 5.74) is 0.973. The molecule has 1 aromatic carbocycles. The van der Waals surface area contributed by atoms with E-state index in [-0.39, 0.29) is 23.5 Å². The lowest BCUT2D eigenvalue weighted by Gasteiger charge is -2.09. The van der Waals surface area contributed by atoms with Crippen molar-refractivity contribution < 1.29 is 9.21 Å². The van der Waals surface area contributed by atoms with Crippen LogP contribution in [0.1, 0.15) is 25.6 Å². The molecule has 0 aliphatic carbocycles. The van der Waals surface area contributed by atoms with Crippen molar-refractivity contribution in [1.29, 1.82) is 5.26 Å². The minimum atomic E-state index is -0.235. The third kappa shape index (κ3) is 3.12. The molecule has 0 aliphatic rings. The van der Waals surface area contributed by atoms with Crippen LogP contribution in [0.2, 0.25) is 0 Å². The van der Waals surface area contributed by atoms with E-state index in [1.165, 1.54) is 11.8 Å². The van der Waals surface area contributed by atoms with E-state index in [1.807, 2.05) is 36.6 Å². The first-order chi connectivity index (χ1) is 11.6. The number of anilines is 1. The van der Waals surface area contributed by atoms with E-state index >= 15 is 0 Å². The Kier molecular flexibility index (Phi) is 4.53. The summed E-state index contributed by atoms with van der Waals surface area (Å²) in [6.45, 7) is 4.04. The number of carbonyl (C=O) groups excluding carboxylic acids is 1. The maximum atomic E-state index is 12.3. The summed E-state index contributed by atoms with van der Waals surface area (Å²) in [5, 5.41) is 21.2. The van der Waals surface area contributed by atoms with Crippen molar-refractivity contribution in [3.8, 4) is 6.07 Å². The normalized spacial score (nSPS) is 10.9. The molecule has 0 atom stereocenters. The van der Waals surface area contributed by atoms with Crippen LogP contribution in [-0.4, -0.2) is 26.4 Å². The third-order valence-corrected chi connectivity index (χ3v) is 4.35. The zero-order valence-corrected chi connectivity index (χ0v) is 14.0. The first-order valence-electron chi connectivity index (χ1n) is 7.34. The van der Waals surface area contributed by atoms with Gasteiger partial charge in [-0.2, -0.15) is 5.26 Å². The number of carbonyl (C=O) groups is 1. The van der Waals surface area contributed by atoms with Crippen molar-refractivity contribution in [2.24, 2.45) is 0 Å². The molecular formula is C16H15N5O2S. The van der Waals surface area contributed by atoms with Crippen LogP contribution in [0, 0.1) is 11.3 Å². The summed E-state index contributed by atoms with van der Waals surface area (Å²) >= 11 is 1.29. The average Bonchev–Trinajstić information content (AvgIpc) is 3.18. The molecule has 0 unspecified atom stereocenters. The summed E-state index contributed by atoms with van der Waals surface area (Å²) in [6.07, 6.45) is 1.64. The molecule has 8 heteroatoms. The number of thioether (sulfide) groups is 1. The smallest absolute Gasteiger partial charge is 0.234 e. The summed E-state index contributed by atoms with van der Waals surface area (Å²) in [5.74, 6) is 0.0248. The number of rotatable bonds is 5. The highest BCUT2D eigenvalue weighted by molar-refractivity contribution is 7.99. The van der Waals surface area contributed by atoms with Gasteiger partial charge in [0.05, 0.1) is 5.75 Å². The Balaban J connectivity index is 1.74. The Morgan fingerprint density at radius 3 is 3.00 bits per heavy atom. The van der Waals surface area contributed by atoms with E-state index in [0.717, 1.165) is 0 Å². The van der Waals surface area contributed by atoms with Crippen LogP contribution in [0.15, 0.2) is 40.2 Å². The van der Waals surface area contributed by atoms with Crippen LogP contribution >= 0.6 is 11.8 Å². The Hall–Kier alpha value is -2.79. The maximum Gasteiger partial charge on any atom is 0.234 e. The number of furan rings is 1. The van der Waals surface area contributed by atoms with Gasteiger partial charge in [-0.1, -0.05) is 23.9 Å². The number of aromatic nitrogens is 3. The SMILES string of the molecule is CC(C)n1cnnc1SCC(=O)Nc1c(C#N)oc2ccccc12. The molecule has 7 nitrogen and oxygen atoms in total. The number of hydrogen-bond donors (Lipinski definition) is 1. The fourth-order valence-corrected chi connectivity index (χ4v) is 3.09. The summed E-state index contributed by atoms with van der Waals surface area (Å²) in [7, 11) is 0. The molecule has 2 aromatic heterocycles. The third-order valence-electron chi connectivity index (χ3n) is 3.39. The predicted octanol–water partition coefficient (Wildman–Crippen LogP) is 3.21. The van der Waals surface area contributed by atoms with Gasteiger partial charge in [-0.15, -0.1) is 10.2 Å². The van der Waals surface area contributed by atoms with Crippen LogP contribution in [0.25, 0.3) is 11.0 Å². The second-order valence-electron chi connectivity index (χ2n) is 5.37. The van der Waals surface area contributed by atoms with Crippen molar-refractivity contribution in [1.82, 2.24) is 14.8 Å². The lowest BCUT2D eigenvalue weighted by Crippen LogP contribution is -2.15. The molecular weight excluding hydrogens is 326 g/mol. The molecule has 24 heavy (non-hydrogen) atoms. The minimum absolute atomic E-state index is 0.0971. The quantitative estimate of drug-likeness (QED) is 0.716. The van der Waals surface area contributed by atoms with Crippen LogP contribution in [-0.2, 0) is 4.79 Å². The van der Waals surface area contributed by atoms with Gasteiger partial charge in [0.1, 0.15) is 23.7 Å². The van der Waals surface area contributed by atoms with E-state index in [1.54, 1.807) is 18.5 Å². The van der Waals surface area contributed by atoms with E-state index in [2.05, 4.69) is 15.5 Å². The molecule has 3 aromatic rings. The van der Waals surface area contributed by atoms with E-state index in [9.17, 15) is 10.1 Å². The van der Waals surface area contributed by atoms with Crippen LogP contribution < -0.4 is 5.32 Å². The van der Waals surface area contributed by atoms with Gasteiger partial charge in [0, 0.05) is 11.4 Å². The maximum absolute atomic E-state index is 12.3. The van der Waals surface area contributed by atoms with Crippen molar-refractivity contribution in [2.75, 3.05) is 11.1 Å². The zero-order chi connectivity index (χ0) is 17.1. The number of nitriles is 1. The molecule has 0 bridgehead atoms. The second kappa shape index (κ2) is 6.76. The van der Waals surface area contributed by atoms with Crippen molar-refractivity contribution in [3.63, 3.8) is 0 Å². The topological polar surface area (TPSA) is 96.7 Å². The fourth-order valence-electron chi connectivity index (χ4n) is 2.24. The van der Waals surface area contributed by atoms with Gasteiger partial charge in [-0.25, -0.2) is 0 Å². The Morgan fingerprint density at radius 2 is 2.25 bits per heavy atom. The molecule has 1 amide bonds. The van der Waals surface area contributed by atoms with Crippen LogP contribution in [0.5, 0.6) is 0 Å². The van der Waals surface area contributed by atoms with Crippen molar-refractivity contribution >= 4 is 34.3 Å². The van der Waals surface area contributed by atoms with Gasteiger partial charge in [-0.3, -0.25) is 4.79 Å². The van der Waals surface area contributed by atoms with Gasteiger partial charge in [0.25, 0.3) is 0 Å². The van der Waals surface area contributed by atoms with Gasteiger partial charge in [-0.05, 0) is 26.0 Å². The molecule has 0 fully saturated rings. The molecule has 1 N–H and O–H groups in total. The summed E-state index contributed by atoms with van der Waals surface area (Å²) in [4.78, 5) is 12.3. The fraction of sp³-hybridized carbons (Fsp3) is 0.250. The first-order valence-corrected chi connectivity index (χ1v) is 8.32. The number of fused-ring (bicyclic) bond motifs is 1. The number of nitrogens with one attached hydrogen (secondary N) is 1. The highest BCUT2D eigenvalue weighted by Gasteiger charge is 2.17. The van der Waals surface area contributed by atoms with Crippen molar-refractivity contribution in [3.05, 3.63) is 36.4 Å². The highest BCUT2D eigenvalue weighted by atomic mass is 32.2. The minimum Gasteiger partial charge on any atom is -0.443 e. The second-order valence-corrected chi connectivity index (χ2v) is 6.31. The number of hydrogen-bond acceptors (Lipinski definition) is 6. The molecule has 2 heterocycles. The van der Waals surface area contributed by atoms with Crippen molar-refractivity contribution in [2.45, 2.75) is 25.0 Å². The first kappa shape index (κ1) is 16.1. The monoisotopic (exact) mass is 341 g/mol. The summed E-state index contributed by atoms with van der Waals surface area (Å²) in [6, 6.07) is 9.39. The van der Waals surface area contributed by atoms with E-state index in [4.69, 9.17) is 4.42 Å². The highest BCUT2D eigenvalue weighted by Crippen LogP contribution is 2.30. The molecule has 0 saturated heterocycles. The molecule has 3 rings (SSSR count). The zero-order valence-electron chi connectivity index (χ0n) is 13.2. The number of benzene rings is 1. The van der Waals surface area contributed by atoms with Gasteiger partial charge in [0.2, 0.25) is 11.7 Å². The van der Waals surface area contributed by atoms with Gasteiger partial charge in [0.15, 0.2) is 5.16 Å². The molecule has 0 aliphatic heterocycles. The Bertz CT molecular complexity index is 922. The molecule has 0 radical (unpaired) electrons. The Labute approximate surface area is 142 Å². The lowest BCUT2D eigenvalue weighted by atomic mass is 10.2. The molecule has 122 valence electrons. The van der Waals surface area contributed by atoms with Crippen LogP contribution in [0.4, 0.5) is 5.69 Å². The number of nitrogens with zero attached hydrogens (tertiary/aromatic N) is 4. The number of amides is 1.